The fraction of sp³-hybridized carbons (Fsp3) is 0.400. The van der Waals surface area contributed by atoms with E-state index in [0.29, 0.717) is 25.3 Å². The molecule has 82 valence electrons. The maximum absolute atomic E-state index is 13.1. The van der Waals surface area contributed by atoms with Crippen LogP contribution in [0.3, 0.4) is 0 Å². The second-order valence-electron chi connectivity index (χ2n) is 3.41. The number of benzene rings is 1. The third-order valence-corrected chi connectivity index (χ3v) is 2.64. The first-order valence-electron chi connectivity index (χ1n) is 4.67. The smallest absolute Gasteiger partial charge is 0.139 e. The first kappa shape index (κ1) is 10.7. The lowest BCUT2D eigenvalue weighted by Gasteiger charge is -2.25. The van der Waals surface area contributed by atoms with Crippen LogP contribution in [0.2, 0.25) is 5.02 Å². The Hall–Kier alpha value is -0.840. The first-order valence-corrected chi connectivity index (χ1v) is 5.05. The highest BCUT2D eigenvalue weighted by atomic mass is 35.5. The molecule has 1 aromatic rings. The molecular formula is C10H11ClFNO2. The molecule has 1 atom stereocenters. The van der Waals surface area contributed by atoms with Crippen LogP contribution < -0.4 is 5.32 Å². The average molecular weight is 232 g/mol. The lowest BCUT2D eigenvalue weighted by Crippen LogP contribution is -2.34. The van der Waals surface area contributed by atoms with E-state index in [9.17, 15) is 9.50 Å². The predicted molar refractivity (Wildman–Crippen MR) is 54.6 cm³/mol. The van der Waals surface area contributed by atoms with E-state index in [-0.39, 0.29) is 16.8 Å². The maximum Gasteiger partial charge on any atom is 0.139 e. The van der Waals surface area contributed by atoms with Crippen molar-refractivity contribution in [2.75, 3.05) is 19.8 Å². The van der Waals surface area contributed by atoms with Crippen molar-refractivity contribution < 1.29 is 14.2 Å². The predicted octanol–water partition coefficient (Wildman–Crippen LogP) is 1.85. The van der Waals surface area contributed by atoms with E-state index in [1.165, 1.54) is 6.07 Å². The highest BCUT2D eigenvalue weighted by Crippen LogP contribution is 2.33. The summed E-state index contributed by atoms with van der Waals surface area (Å²) in [7, 11) is 0. The summed E-state index contributed by atoms with van der Waals surface area (Å²) in [5.41, 5.74) is 0.444. The van der Waals surface area contributed by atoms with E-state index in [1.54, 1.807) is 0 Å². The molecule has 1 heterocycles. The van der Waals surface area contributed by atoms with E-state index >= 15 is 0 Å². The summed E-state index contributed by atoms with van der Waals surface area (Å²) in [6, 6.07) is 2.16. The van der Waals surface area contributed by atoms with Crippen LogP contribution in [-0.2, 0) is 4.74 Å². The number of hydrogen-bond donors (Lipinski definition) is 2. The van der Waals surface area contributed by atoms with Crippen molar-refractivity contribution in [3.63, 3.8) is 0 Å². The minimum Gasteiger partial charge on any atom is -0.506 e. The number of phenolic OH excluding ortho intramolecular Hbond substituents is 1. The third kappa shape index (κ3) is 2.22. The van der Waals surface area contributed by atoms with Crippen LogP contribution >= 0.6 is 11.6 Å². The Bertz CT molecular complexity index is 367. The zero-order valence-electron chi connectivity index (χ0n) is 7.96. The molecule has 1 aliphatic heterocycles. The van der Waals surface area contributed by atoms with Crippen LogP contribution in [0.4, 0.5) is 4.39 Å². The summed E-state index contributed by atoms with van der Waals surface area (Å²) in [6.45, 7) is 1.71. The minimum absolute atomic E-state index is 0.0253. The molecule has 0 aromatic heterocycles. The first-order chi connectivity index (χ1) is 7.18. The Labute approximate surface area is 91.8 Å². The lowest BCUT2D eigenvalue weighted by atomic mass is 10.1. The van der Waals surface area contributed by atoms with Gasteiger partial charge in [0.15, 0.2) is 0 Å². The van der Waals surface area contributed by atoms with E-state index < -0.39 is 5.82 Å². The Morgan fingerprint density at radius 1 is 1.53 bits per heavy atom. The number of phenols is 1. The van der Waals surface area contributed by atoms with Gasteiger partial charge in [-0.15, -0.1) is 0 Å². The maximum atomic E-state index is 13.1. The molecule has 0 radical (unpaired) electrons. The molecular weight excluding hydrogens is 221 g/mol. The number of nitrogens with one attached hydrogen (secondary N) is 1. The van der Waals surface area contributed by atoms with Crippen LogP contribution in [0.15, 0.2) is 12.1 Å². The number of ether oxygens (including phenoxy) is 1. The van der Waals surface area contributed by atoms with Gasteiger partial charge in [-0.2, -0.15) is 0 Å². The Balaban J connectivity index is 2.33. The summed E-state index contributed by atoms with van der Waals surface area (Å²) >= 11 is 5.68. The standard InChI is InChI=1S/C10H11ClFNO2/c11-8-4-6(12)3-7(10(8)14)9-5-15-2-1-13-9/h3-4,9,13-14H,1-2,5H2/t9-/m1/s1. The number of morpholine rings is 1. The summed E-state index contributed by atoms with van der Waals surface area (Å²) in [5, 5.41) is 12.8. The summed E-state index contributed by atoms with van der Waals surface area (Å²) in [4.78, 5) is 0. The molecule has 0 bridgehead atoms. The van der Waals surface area contributed by atoms with Gasteiger partial charge in [-0.05, 0) is 12.1 Å². The average Bonchev–Trinajstić information content (AvgIpc) is 2.24. The van der Waals surface area contributed by atoms with Gasteiger partial charge in [0.05, 0.1) is 24.3 Å². The van der Waals surface area contributed by atoms with Gasteiger partial charge in [0.2, 0.25) is 0 Å². The molecule has 1 aromatic carbocycles. The van der Waals surface area contributed by atoms with Crippen molar-refractivity contribution in [2.45, 2.75) is 6.04 Å². The zero-order chi connectivity index (χ0) is 10.8. The molecule has 3 nitrogen and oxygen atoms in total. The lowest BCUT2D eigenvalue weighted by molar-refractivity contribution is 0.0760. The number of hydrogen-bond acceptors (Lipinski definition) is 3. The molecule has 0 saturated carbocycles. The molecule has 0 aliphatic carbocycles. The SMILES string of the molecule is Oc1c(Cl)cc(F)cc1[C@H]1COCCN1. The summed E-state index contributed by atoms with van der Waals surface area (Å²) < 4.78 is 18.3. The van der Waals surface area contributed by atoms with Crippen molar-refractivity contribution in [1.29, 1.82) is 0 Å². The van der Waals surface area contributed by atoms with Gasteiger partial charge in [0.25, 0.3) is 0 Å². The molecule has 0 amide bonds. The highest BCUT2D eigenvalue weighted by molar-refractivity contribution is 6.32. The van der Waals surface area contributed by atoms with E-state index in [2.05, 4.69) is 5.32 Å². The summed E-state index contributed by atoms with van der Waals surface area (Å²) in [5.74, 6) is -0.541. The molecule has 2 N–H and O–H groups in total. The van der Waals surface area contributed by atoms with Gasteiger partial charge in [0.1, 0.15) is 11.6 Å². The van der Waals surface area contributed by atoms with Crippen molar-refractivity contribution in [3.8, 4) is 5.75 Å². The largest absolute Gasteiger partial charge is 0.506 e. The van der Waals surface area contributed by atoms with Crippen LogP contribution in [-0.4, -0.2) is 24.9 Å². The zero-order valence-corrected chi connectivity index (χ0v) is 8.72. The van der Waals surface area contributed by atoms with Crippen LogP contribution in [0, 0.1) is 5.82 Å². The molecule has 0 spiro atoms. The Morgan fingerprint density at radius 3 is 3.00 bits per heavy atom. The van der Waals surface area contributed by atoms with Gasteiger partial charge in [-0.3, -0.25) is 0 Å². The van der Waals surface area contributed by atoms with Gasteiger partial charge < -0.3 is 15.2 Å². The number of aromatic hydroxyl groups is 1. The minimum atomic E-state index is -0.458. The monoisotopic (exact) mass is 231 g/mol. The quantitative estimate of drug-likeness (QED) is 0.775. The molecule has 1 saturated heterocycles. The normalized spacial score (nSPS) is 21.6. The van der Waals surface area contributed by atoms with Crippen molar-refractivity contribution in [3.05, 3.63) is 28.5 Å². The molecule has 0 unspecified atom stereocenters. The summed E-state index contributed by atoms with van der Waals surface area (Å²) in [6.07, 6.45) is 0. The second-order valence-corrected chi connectivity index (χ2v) is 3.81. The van der Waals surface area contributed by atoms with Crippen LogP contribution in [0.25, 0.3) is 0 Å². The van der Waals surface area contributed by atoms with Crippen molar-refractivity contribution in [1.82, 2.24) is 5.32 Å². The molecule has 2 rings (SSSR count). The molecule has 5 heteroatoms. The molecule has 15 heavy (non-hydrogen) atoms. The van der Waals surface area contributed by atoms with Crippen molar-refractivity contribution >= 4 is 11.6 Å². The van der Waals surface area contributed by atoms with Crippen LogP contribution in [0.1, 0.15) is 11.6 Å². The Morgan fingerprint density at radius 2 is 2.33 bits per heavy atom. The van der Waals surface area contributed by atoms with Gasteiger partial charge >= 0.3 is 0 Å². The van der Waals surface area contributed by atoms with Gasteiger partial charge in [-0.1, -0.05) is 11.6 Å². The molecule has 1 aliphatic rings. The van der Waals surface area contributed by atoms with E-state index in [4.69, 9.17) is 16.3 Å². The Kier molecular flexibility index (Phi) is 3.09. The fourth-order valence-corrected chi connectivity index (χ4v) is 1.83. The number of rotatable bonds is 1. The topological polar surface area (TPSA) is 41.5 Å². The van der Waals surface area contributed by atoms with Crippen LogP contribution in [0.5, 0.6) is 5.75 Å². The third-order valence-electron chi connectivity index (χ3n) is 2.35. The molecule has 1 fully saturated rings. The van der Waals surface area contributed by atoms with Gasteiger partial charge in [-0.25, -0.2) is 4.39 Å². The second kappa shape index (κ2) is 4.35. The van der Waals surface area contributed by atoms with E-state index in [1.807, 2.05) is 0 Å². The van der Waals surface area contributed by atoms with Crippen molar-refractivity contribution in [2.24, 2.45) is 0 Å². The fourth-order valence-electron chi connectivity index (χ4n) is 1.62. The van der Waals surface area contributed by atoms with E-state index in [0.717, 1.165) is 6.07 Å². The highest BCUT2D eigenvalue weighted by Gasteiger charge is 2.20. The van der Waals surface area contributed by atoms with Gasteiger partial charge in [0, 0.05) is 12.1 Å². The number of halogens is 2.